The molecule has 0 saturated heterocycles. The molecule has 72 valence electrons. The highest BCUT2D eigenvalue weighted by molar-refractivity contribution is 7.99. The summed E-state index contributed by atoms with van der Waals surface area (Å²) in [6.07, 6.45) is 2.60. The van der Waals surface area contributed by atoms with Crippen LogP contribution in [-0.2, 0) is 4.79 Å². The van der Waals surface area contributed by atoms with Crippen LogP contribution in [0.4, 0.5) is 0 Å². The maximum Gasteiger partial charge on any atom is 0.235 e. The van der Waals surface area contributed by atoms with E-state index < -0.39 is 0 Å². The van der Waals surface area contributed by atoms with E-state index in [0.29, 0.717) is 0 Å². The Balaban J connectivity index is 2.49. The first kappa shape index (κ1) is 9.50. The van der Waals surface area contributed by atoms with Crippen LogP contribution in [0.15, 0.2) is 28.1 Å². The van der Waals surface area contributed by atoms with Gasteiger partial charge in [-0.2, -0.15) is 4.99 Å². The van der Waals surface area contributed by atoms with Crippen LogP contribution in [0, 0.1) is 6.92 Å². The first-order chi connectivity index (χ1) is 6.83. The molecule has 1 aliphatic heterocycles. The highest BCUT2D eigenvalue weighted by atomic mass is 32.2. The van der Waals surface area contributed by atoms with Crippen LogP contribution >= 0.6 is 11.8 Å². The third kappa shape index (κ3) is 1.61. The Morgan fingerprint density at radius 1 is 1.57 bits per heavy atom. The highest BCUT2D eigenvalue weighted by Crippen LogP contribution is 2.39. The number of aryl methyl sites for hydroxylation is 1. The molecule has 14 heavy (non-hydrogen) atoms. The van der Waals surface area contributed by atoms with Gasteiger partial charge in [-0.1, -0.05) is 18.2 Å². The Morgan fingerprint density at radius 3 is 3.21 bits per heavy atom. The Labute approximate surface area is 87.4 Å². The smallest absolute Gasteiger partial charge is 0.211 e. The summed E-state index contributed by atoms with van der Waals surface area (Å²) in [7, 11) is 0. The van der Waals surface area contributed by atoms with Crippen molar-refractivity contribution in [3.8, 4) is 0 Å². The van der Waals surface area contributed by atoms with Gasteiger partial charge in [-0.15, -0.1) is 11.8 Å². The lowest BCUT2D eigenvalue weighted by molar-refractivity contribution is 0.554. The number of isocyanates is 1. The second kappa shape index (κ2) is 3.99. The summed E-state index contributed by atoms with van der Waals surface area (Å²) in [5.41, 5.74) is 2.46. The fourth-order valence-corrected chi connectivity index (χ4v) is 2.97. The van der Waals surface area contributed by atoms with Crippen molar-refractivity contribution < 1.29 is 4.79 Å². The van der Waals surface area contributed by atoms with E-state index in [1.807, 2.05) is 17.8 Å². The zero-order valence-electron chi connectivity index (χ0n) is 7.99. The molecule has 1 atom stereocenters. The molecule has 0 bridgehead atoms. The normalized spacial score (nSPS) is 19.6. The average Bonchev–Trinajstić information content (AvgIpc) is 2.20. The van der Waals surface area contributed by atoms with Gasteiger partial charge in [-0.05, 0) is 24.5 Å². The summed E-state index contributed by atoms with van der Waals surface area (Å²) in [5.74, 6) is 1.04. The SMILES string of the molecule is Cc1cccc2c1SCCC2N=C=O. The van der Waals surface area contributed by atoms with Crippen molar-refractivity contribution in [2.24, 2.45) is 4.99 Å². The number of nitrogens with zero attached hydrogens (tertiary/aromatic N) is 1. The van der Waals surface area contributed by atoms with Crippen LogP contribution in [-0.4, -0.2) is 11.8 Å². The monoisotopic (exact) mass is 205 g/mol. The van der Waals surface area contributed by atoms with Crippen LogP contribution in [0.2, 0.25) is 0 Å². The second-order valence-electron chi connectivity index (χ2n) is 3.37. The molecule has 1 unspecified atom stereocenters. The predicted octanol–water partition coefficient (Wildman–Crippen LogP) is 2.87. The van der Waals surface area contributed by atoms with Gasteiger partial charge in [-0.25, -0.2) is 4.79 Å². The lowest BCUT2D eigenvalue weighted by Crippen LogP contribution is -2.06. The molecule has 1 aromatic carbocycles. The number of hydrogen-bond donors (Lipinski definition) is 0. The molecule has 0 radical (unpaired) electrons. The van der Waals surface area contributed by atoms with Crippen molar-refractivity contribution in [1.82, 2.24) is 0 Å². The zero-order valence-corrected chi connectivity index (χ0v) is 8.80. The highest BCUT2D eigenvalue weighted by Gasteiger charge is 2.20. The van der Waals surface area contributed by atoms with Crippen molar-refractivity contribution >= 4 is 17.8 Å². The first-order valence-corrected chi connectivity index (χ1v) is 5.61. The molecule has 1 aliphatic rings. The third-order valence-electron chi connectivity index (χ3n) is 2.45. The fourth-order valence-electron chi connectivity index (χ4n) is 1.76. The van der Waals surface area contributed by atoms with Gasteiger partial charge < -0.3 is 0 Å². The van der Waals surface area contributed by atoms with Crippen LogP contribution in [0.25, 0.3) is 0 Å². The van der Waals surface area contributed by atoms with Crippen molar-refractivity contribution in [3.05, 3.63) is 29.3 Å². The van der Waals surface area contributed by atoms with E-state index in [4.69, 9.17) is 0 Å². The summed E-state index contributed by atoms with van der Waals surface area (Å²) >= 11 is 1.86. The van der Waals surface area contributed by atoms with E-state index in [-0.39, 0.29) is 6.04 Å². The summed E-state index contributed by atoms with van der Waals surface area (Å²) in [6.45, 7) is 2.10. The number of hydrogen-bond acceptors (Lipinski definition) is 3. The first-order valence-electron chi connectivity index (χ1n) is 4.62. The molecular formula is C11H11NOS. The Morgan fingerprint density at radius 2 is 2.43 bits per heavy atom. The molecule has 1 aromatic rings. The number of aliphatic imine (C=N–C) groups is 1. The fraction of sp³-hybridized carbons (Fsp3) is 0.364. The largest absolute Gasteiger partial charge is 0.235 e. The van der Waals surface area contributed by atoms with Gasteiger partial charge in [0.2, 0.25) is 6.08 Å². The quantitative estimate of drug-likeness (QED) is 0.521. The van der Waals surface area contributed by atoms with Crippen molar-refractivity contribution in [2.75, 3.05) is 5.75 Å². The molecule has 0 spiro atoms. The van der Waals surface area contributed by atoms with Gasteiger partial charge in [-0.3, -0.25) is 0 Å². The third-order valence-corrected chi connectivity index (χ3v) is 3.73. The summed E-state index contributed by atoms with van der Waals surface area (Å²) in [4.78, 5) is 15.4. The Kier molecular flexibility index (Phi) is 2.71. The van der Waals surface area contributed by atoms with Crippen LogP contribution in [0.1, 0.15) is 23.6 Å². The summed E-state index contributed by atoms with van der Waals surface area (Å²) in [6, 6.07) is 6.20. The second-order valence-corrected chi connectivity index (χ2v) is 4.47. The molecule has 1 heterocycles. The molecule has 0 fully saturated rings. The minimum absolute atomic E-state index is 0.0312. The standard InChI is InChI=1S/C11H11NOS/c1-8-3-2-4-9-10(12-7-13)5-6-14-11(8)9/h2-4,10H,5-6H2,1H3. The zero-order chi connectivity index (χ0) is 9.97. The Hall–Kier alpha value is -1.05. The van der Waals surface area contributed by atoms with Crippen LogP contribution in [0.3, 0.4) is 0 Å². The van der Waals surface area contributed by atoms with E-state index in [9.17, 15) is 4.79 Å². The van der Waals surface area contributed by atoms with Gasteiger partial charge in [0.1, 0.15) is 0 Å². The Bertz CT molecular complexity index is 396. The number of benzene rings is 1. The van der Waals surface area contributed by atoms with Crippen molar-refractivity contribution in [3.63, 3.8) is 0 Å². The minimum Gasteiger partial charge on any atom is -0.211 e. The molecule has 0 N–H and O–H groups in total. The number of fused-ring (bicyclic) bond motifs is 1. The van der Waals surface area contributed by atoms with Crippen molar-refractivity contribution in [2.45, 2.75) is 24.3 Å². The van der Waals surface area contributed by atoms with Gasteiger partial charge in [0.05, 0.1) is 6.04 Å². The van der Waals surface area contributed by atoms with E-state index in [1.165, 1.54) is 16.0 Å². The lowest BCUT2D eigenvalue weighted by Gasteiger charge is -2.22. The van der Waals surface area contributed by atoms with Gasteiger partial charge in [0, 0.05) is 10.6 Å². The van der Waals surface area contributed by atoms with E-state index in [0.717, 1.165) is 12.2 Å². The lowest BCUT2D eigenvalue weighted by atomic mass is 10.0. The predicted molar refractivity (Wildman–Crippen MR) is 57.4 cm³/mol. The van der Waals surface area contributed by atoms with Gasteiger partial charge >= 0.3 is 0 Å². The van der Waals surface area contributed by atoms with Crippen molar-refractivity contribution in [1.29, 1.82) is 0 Å². The number of carbonyl (C=O) groups excluding carboxylic acids is 1. The molecule has 0 amide bonds. The van der Waals surface area contributed by atoms with Gasteiger partial charge in [0.15, 0.2) is 0 Å². The molecule has 0 aromatic heterocycles. The molecule has 0 aliphatic carbocycles. The van der Waals surface area contributed by atoms with E-state index >= 15 is 0 Å². The summed E-state index contributed by atoms with van der Waals surface area (Å²) < 4.78 is 0. The number of rotatable bonds is 1. The van der Waals surface area contributed by atoms with Crippen LogP contribution < -0.4 is 0 Å². The van der Waals surface area contributed by atoms with Crippen LogP contribution in [0.5, 0.6) is 0 Å². The minimum atomic E-state index is 0.0312. The molecule has 2 nitrogen and oxygen atoms in total. The maximum absolute atomic E-state index is 10.3. The van der Waals surface area contributed by atoms with E-state index in [1.54, 1.807) is 6.08 Å². The molecule has 0 saturated carbocycles. The average molecular weight is 205 g/mol. The van der Waals surface area contributed by atoms with E-state index in [2.05, 4.69) is 24.0 Å². The summed E-state index contributed by atoms with van der Waals surface area (Å²) in [5, 5.41) is 0. The molecular weight excluding hydrogens is 194 g/mol. The number of thioether (sulfide) groups is 1. The van der Waals surface area contributed by atoms with Gasteiger partial charge in [0.25, 0.3) is 0 Å². The maximum atomic E-state index is 10.3. The molecule has 2 rings (SSSR count). The topological polar surface area (TPSA) is 29.4 Å². The molecule has 3 heteroatoms.